The molecule has 2 aromatic heterocycles. The Labute approximate surface area is 127 Å². The molecule has 2 N–H and O–H groups in total. The van der Waals surface area contributed by atoms with E-state index >= 15 is 0 Å². The number of anilines is 1. The van der Waals surface area contributed by atoms with Crippen LogP contribution in [0.4, 0.5) is 5.82 Å². The largest absolute Gasteiger partial charge is 0.508 e. The fraction of sp³-hybridized carbons (Fsp3) is 0.188. The van der Waals surface area contributed by atoms with Gasteiger partial charge in [-0.1, -0.05) is 12.1 Å². The molecule has 0 unspecified atom stereocenters. The van der Waals surface area contributed by atoms with Crippen LogP contribution < -0.4 is 5.32 Å². The molecule has 0 saturated heterocycles. The van der Waals surface area contributed by atoms with E-state index in [9.17, 15) is 5.11 Å². The number of imidazole rings is 1. The number of hydrogen-bond donors (Lipinski definition) is 2. The molecule has 1 saturated carbocycles. The third-order valence-corrected chi connectivity index (χ3v) is 3.57. The first-order valence-corrected chi connectivity index (χ1v) is 7.21. The SMILES string of the molecule is Oc1cccc(/C=C/n2cnc3c(NC4CC4)ncnc32)c1. The zero-order valence-corrected chi connectivity index (χ0v) is 11.8. The van der Waals surface area contributed by atoms with Crippen LogP contribution in [0, 0.1) is 0 Å². The molecule has 1 aliphatic rings. The Balaban J connectivity index is 1.67. The van der Waals surface area contributed by atoms with Crippen molar-refractivity contribution >= 4 is 29.3 Å². The Kier molecular flexibility index (Phi) is 3.00. The standard InChI is InChI=1S/C16H15N5O/c22-13-3-1-2-11(8-13)6-7-21-10-19-14-15(20-12-4-5-12)17-9-18-16(14)21/h1-3,6-10,12,22H,4-5H2,(H,17,18,20)/b7-6+. The molecule has 1 fully saturated rings. The first-order valence-electron chi connectivity index (χ1n) is 7.21. The second kappa shape index (κ2) is 5.14. The van der Waals surface area contributed by atoms with Crippen molar-refractivity contribution in [3.63, 3.8) is 0 Å². The highest BCUT2D eigenvalue weighted by Crippen LogP contribution is 2.26. The summed E-state index contributed by atoms with van der Waals surface area (Å²) in [7, 11) is 0. The number of phenolic OH excluding ortho intramolecular Hbond substituents is 1. The second-order valence-corrected chi connectivity index (χ2v) is 5.38. The maximum atomic E-state index is 9.49. The number of nitrogens with one attached hydrogen (secondary N) is 1. The third kappa shape index (κ3) is 2.50. The molecule has 0 radical (unpaired) electrons. The van der Waals surface area contributed by atoms with Crippen LogP contribution in [0.3, 0.4) is 0 Å². The normalized spacial score (nSPS) is 14.7. The minimum absolute atomic E-state index is 0.246. The Bertz CT molecular complexity index is 851. The Morgan fingerprint density at radius 2 is 2.14 bits per heavy atom. The average molecular weight is 293 g/mol. The summed E-state index contributed by atoms with van der Waals surface area (Å²) in [6.45, 7) is 0. The molecule has 22 heavy (non-hydrogen) atoms. The van der Waals surface area contributed by atoms with Gasteiger partial charge in [-0.2, -0.15) is 0 Å². The monoisotopic (exact) mass is 293 g/mol. The molecule has 110 valence electrons. The highest BCUT2D eigenvalue weighted by molar-refractivity contribution is 5.85. The van der Waals surface area contributed by atoms with Gasteiger partial charge in [-0.05, 0) is 36.6 Å². The molecule has 0 amide bonds. The molecular formula is C16H15N5O. The predicted octanol–water partition coefficient (Wildman–Crippen LogP) is 2.73. The van der Waals surface area contributed by atoms with E-state index in [2.05, 4.69) is 20.3 Å². The summed E-state index contributed by atoms with van der Waals surface area (Å²) < 4.78 is 1.85. The molecule has 0 spiro atoms. The molecule has 0 bridgehead atoms. The highest BCUT2D eigenvalue weighted by Gasteiger charge is 2.23. The molecule has 0 atom stereocenters. The Morgan fingerprint density at radius 1 is 1.23 bits per heavy atom. The number of aromatic nitrogens is 4. The van der Waals surface area contributed by atoms with E-state index in [1.165, 1.54) is 12.8 Å². The fourth-order valence-electron chi connectivity index (χ4n) is 2.28. The van der Waals surface area contributed by atoms with E-state index in [1.54, 1.807) is 30.9 Å². The first kappa shape index (κ1) is 12.8. The summed E-state index contributed by atoms with van der Waals surface area (Å²) in [5, 5.41) is 12.9. The molecule has 4 rings (SSSR count). The van der Waals surface area contributed by atoms with Crippen molar-refractivity contribution in [1.29, 1.82) is 0 Å². The number of aromatic hydroxyl groups is 1. The molecule has 2 heterocycles. The minimum Gasteiger partial charge on any atom is -0.508 e. The number of phenols is 1. The summed E-state index contributed by atoms with van der Waals surface area (Å²) in [6.07, 6.45) is 9.41. The smallest absolute Gasteiger partial charge is 0.169 e. The lowest BCUT2D eigenvalue weighted by Crippen LogP contribution is -2.04. The van der Waals surface area contributed by atoms with Gasteiger partial charge < -0.3 is 10.4 Å². The van der Waals surface area contributed by atoms with Gasteiger partial charge in [0.25, 0.3) is 0 Å². The van der Waals surface area contributed by atoms with Crippen LogP contribution in [-0.2, 0) is 0 Å². The second-order valence-electron chi connectivity index (χ2n) is 5.38. The molecule has 1 aromatic carbocycles. The number of hydrogen-bond acceptors (Lipinski definition) is 5. The zero-order valence-electron chi connectivity index (χ0n) is 11.8. The van der Waals surface area contributed by atoms with Gasteiger partial charge in [0.05, 0.1) is 0 Å². The molecule has 6 nitrogen and oxygen atoms in total. The summed E-state index contributed by atoms with van der Waals surface area (Å²) in [4.78, 5) is 13.0. The summed E-state index contributed by atoms with van der Waals surface area (Å²) in [6, 6.07) is 7.59. The molecular weight excluding hydrogens is 278 g/mol. The lowest BCUT2D eigenvalue weighted by molar-refractivity contribution is 0.475. The van der Waals surface area contributed by atoms with Crippen LogP contribution in [0.25, 0.3) is 23.4 Å². The van der Waals surface area contributed by atoms with Crippen LogP contribution in [-0.4, -0.2) is 30.7 Å². The van der Waals surface area contributed by atoms with Crippen molar-refractivity contribution in [3.05, 3.63) is 42.5 Å². The fourth-order valence-corrected chi connectivity index (χ4v) is 2.28. The molecule has 0 aliphatic heterocycles. The molecule has 3 aromatic rings. The van der Waals surface area contributed by atoms with Crippen molar-refractivity contribution < 1.29 is 5.11 Å². The lowest BCUT2D eigenvalue weighted by atomic mass is 10.2. The van der Waals surface area contributed by atoms with Gasteiger partial charge in [-0.25, -0.2) is 15.0 Å². The van der Waals surface area contributed by atoms with Gasteiger partial charge in [0, 0.05) is 12.2 Å². The topological polar surface area (TPSA) is 75.9 Å². The van der Waals surface area contributed by atoms with Gasteiger partial charge in [0.15, 0.2) is 17.0 Å². The first-order chi connectivity index (χ1) is 10.8. The van der Waals surface area contributed by atoms with Gasteiger partial charge in [0.1, 0.15) is 18.4 Å². The van der Waals surface area contributed by atoms with E-state index in [0.717, 1.165) is 22.5 Å². The van der Waals surface area contributed by atoms with Crippen LogP contribution in [0.5, 0.6) is 5.75 Å². The van der Waals surface area contributed by atoms with Gasteiger partial charge in [-0.3, -0.25) is 4.57 Å². The average Bonchev–Trinajstić information content (AvgIpc) is 3.23. The third-order valence-electron chi connectivity index (χ3n) is 3.57. The molecule has 6 heteroatoms. The predicted molar refractivity (Wildman–Crippen MR) is 85.3 cm³/mol. The van der Waals surface area contributed by atoms with Crippen molar-refractivity contribution in [3.8, 4) is 5.75 Å². The number of benzene rings is 1. The van der Waals surface area contributed by atoms with Crippen LogP contribution in [0.1, 0.15) is 18.4 Å². The van der Waals surface area contributed by atoms with E-state index in [-0.39, 0.29) is 5.75 Å². The van der Waals surface area contributed by atoms with Crippen molar-refractivity contribution in [1.82, 2.24) is 19.5 Å². The van der Waals surface area contributed by atoms with Crippen molar-refractivity contribution in [2.24, 2.45) is 0 Å². The number of fused-ring (bicyclic) bond motifs is 1. The highest BCUT2D eigenvalue weighted by atomic mass is 16.3. The summed E-state index contributed by atoms with van der Waals surface area (Å²) >= 11 is 0. The number of rotatable bonds is 4. The maximum absolute atomic E-state index is 9.49. The van der Waals surface area contributed by atoms with E-state index in [0.29, 0.717) is 6.04 Å². The van der Waals surface area contributed by atoms with Crippen LogP contribution in [0.15, 0.2) is 36.9 Å². The van der Waals surface area contributed by atoms with Gasteiger partial charge >= 0.3 is 0 Å². The van der Waals surface area contributed by atoms with Gasteiger partial charge in [0.2, 0.25) is 0 Å². The van der Waals surface area contributed by atoms with Crippen molar-refractivity contribution in [2.45, 2.75) is 18.9 Å². The van der Waals surface area contributed by atoms with Gasteiger partial charge in [-0.15, -0.1) is 0 Å². The quantitative estimate of drug-likeness (QED) is 0.773. The Morgan fingerprint density at radius 3 is 2.95 bits per heavy atom. The van der Waals surface area contributed by atoms with E-state index < -0.39 is 0 Å². The number of nitrogens with zero attached hydrogens (tertiary/aromatic N) is 4. The van der Waals surface area contributed by atoms with Crippen molar-refractivity contribution in [2.75, 3.05) is 5.32 Å². The Hall–Kier alpha value is -2.89. The lowest BCUT2D eigenvalue weighted by Gasteiger charge is -2.03. The van der Waals surface area contributed by atoms with E-state index in [1.807, 2.05) is 22.9 Å². The zero-order chi connectivity index (χ0) is 14.9. The minimum atomic E-state index is 0.246. The maximum Gasteiger partial charge on any atom is 0.169 e. The van der Waals surface area contributed by atoms with Crippen LogP contribution >= 0.6 is 0 Å². The molecule has 1 aliphatic carbocycles. The summed E-state index contributed by atoms with van der Waals surface area (Å²) in [5.74, 6) is 1.04. The van der Waals surface area contributed by atoms with Crippen LogP contribution in [0.2, 0.25) is 0 Å². The summed E-state index contributed by atoms with van der Waals surface area (Å²) in [5.41, 5.74) is 2.44. The van der Waals surface area contributed by atoms with E-state index in [4.69, 9.17) is 0 Å².